The first-order valence-electron chi connectivity index (χ1n) is 10.5. The second-order valence-electron chi connectivity index (χ2n) is 7.78. The molecular weight excluding hydrogens is 512 g/mol. The first-order chi connectivity index (χ1) is 16.4. The van der Waals surface area contributed by atoms with E-state index in [9.17, 15) is 10.1 Å². The molecule has 0 aliphatic carbocycles. The lowest BCUT2D eigenvalue weighted by Crippen LogP contribution is -2.13. The molecule has 0 atom stereocenters. The number of ether oxygens (including phenoxy) is 1. The van der Waals surface area contributed by atoms with E-state index in [0.717, 1.165) is 16.5 Å². The molecule has 1 amide bonds. The van der Waals surface area contributed by atoms with Crippen LogP contribution in [0.2, 0.25) is 5.02 Å². The Morgan fingerprint density at radius 2 is 1.85 bits per heavy atom. The van der Waals surface area contributed by atoms with E-state index in [-0.39, 0.29) is 5.57 Å². The van der Waals surface area contributed by atoms with Crippen LogP contribution in [0.3, 0.4) is 0 Å². The normalized spacial score (nSPS) is 11.2. The third-order valence-electron chi connectivity index (χ3n) is 5.17. The number of anilines is 1. The summed E-state index contributed by atoms with van der Waals surface area (Å²) in [5.41, 5.74) is 3.23. The zero-order valence-corrected chi connectivity index (χ0v) is 20.7. The largest absolute Gasteiger partial charge is 0.486 e. The summed E-state index contributed by atoms with van der Waals surface area (Å²) >= 11 is 9.98. The Morgan fingerprint density at radius 3 is 2.59 bits per heavy atom. The average Bonchev–Trinajstić information content (AvgIpc) is 2.82. The van der Waals surface area contributed by atoms with E-state index >= 15 is 0 Å². The van der Waals surface area contributed by atoms with Gasteiger partial charge >= 0.3 is 0 Å². The lowest BCUT2D eigenvalue weighted by Gasteiger charge is -2.12. The summed E-state index contributed by atoms with van der Waals surface area (Å²) in [6.45, 7) is 2.28. The van der Waals surface area contributed by atoms with Crippen molar-refractivity contribution in [3.63, 3.8) is 0 Å². The highest BCUT2D eigenvalue weighted by Gasteiger charge is 2.13. The summed E-state index contributed by atoms with van der Waals surface area (Å²) in [7, 11) is 0. The summed E-state index contributed by atoms with van der Waals surface area (Å²) in [5.74, 6) is 0.00618. The minimum absolute atomic E-state index is 0.0331. The molecule has 0 aliphatic heterocycles. The quantitative estimate of drug-likeness (QED) is 0.205. The molecule has 34 heavy (non-hydrogen) atoms. The van der Waals surface area contributed by atoms with Gasteiger partial charge < -0.3 is 10.1 Å². The number of aryl methyl sites for hydroxylation is 1. The van der Waals surface area contributed by atoms with Gasteiger partial charge in [-0.25, -0.2) is 0 Å². The molecule has 6 heteroatoms. The van der Waals surface area contributed by atoms with Gasteiger partial charge in [-0.2, -0.15) is 5.26 Å². The Kier molecular flexibility index (Phi) is 7.32. The number of rotatable bonds is 6. The van der Waals surface area contributed by atoms with Gasteiger partial charge in [0, 0.05) is 5.69 Å². The predicted octanol–water partition coefficient (Wildman–Crippen LogP) is 7.69. The van der Waals surface area contributed by atoms with E-state index in [1.54, 1.807) is 18.2 Å². The smallest absolute Gasteiger partial charge is 0.266 e. The molecule has 4 nitrogen and oxygen atoms in total. The monoisotopic (exact) mass is 530 g/mol. The van der Waals surface area contributed by atoms with Gasteiger partial charge in [0.2, 0.25) is 0 Å². The number of fused-ring (bicyclic) bond motifs is 1. The molecule has 0 radical (unpaired) electrons. The summed E-state index contributed by atoms with van der Waals surface area (Å²) in [4.78, 5) is 12.6. The van der Waals surface area contributed by atoms with Crippen molar-refractivity contribution in [2.45, 2.75) is 13.5 Å². The van der Waals surface area contributed by atoms with Crippen LogP contribution in [0.25, 0.3) is 16.8 Å². The van der Waals surface area contributed by atoms with Crippen LogP contribution in [-0.4, -0.2) is 5.91 Å². The van der Waals surface area contributed by atoms with E-state index in [1.807, 2.05) is 49.4 Å². The van der Waals surface area contributed by atoms with Crippen LogP contribution < -0.4 is 10.1 Å². The van der Waals surface area contributed by atoms with E-state index in [0.29, 0.717) is 33.1 Å². The molecule has 0 unspecified atom stereocenters. The Hall–Kier alpha value is -3.59. The third kappa shape index (κ3) is 5.66. The Bertz CT molecular complexity index is 1430. The number of nitriles is 1. The second-order valence-corrected chi connectivity index (χ2v) is 9.04. The highest BCUT2D eigenvalue weighted by Crippen LogP contribution is 2.36. The summed E-state index contributed by atoms with van der Waals surface area (Å²) < 4.78 is 6.61. The predicted molar refractivity (Wildman–Crippen MR) is 141 cm³/mol. The molecule has 4 aromatic rings. The van der Waals surface area contributed by atoms with Crippen molar-refractivity contribution in [1.82, 2.24) is 0 Å². The van der Waals surface area contributed by atoms with Gasteiger partial charge in [0.25, 0.3) is 5.91 Å². The maximum Gasteiger partial charge on any atom is 0.266 e. The summed E-state index contributed by atoms with van der Waals surface area (Å²) in [6, 6.07) is 27.1. The van der Waals surface area contributed by atoms with Crippen molar-refractivity contribution in [3.05, 3.63) is 111 Å². The molecule has 4 rings (SSSR count). The maximum absolute atomic E-state index is 12.6. The number of benzene rings is 4. The fourth-order valence-electron chi connectivity index (χ4n) is 3.52. The van der Waals surface area contributed by atoms with Gasteiger partial charge in [-0.3, -0.25) is 4.79 Å². The highest BCUT2D eigenvalue weighted by molar-refractivity contribution is 9.10. The van der Waals surface area contributed by atoms with E-state index in [2.05, 4.69) is 45.5 Å². The van der Waals surface area contributed by atoms with E-state index in [1.165, 1.54) is 11.5 Å². The van der Waals surface area contributed by atoms with Crippen LogP contribution in [0.1, 0.15) is 16.7 Å². The first-order valence-corrected chi connectivity index (χ1v) is 11.7. The molecule has 0 spiro atoms. The summed E-state index contributed by atoms with van der Waals surface area (Å²) in [5, 5.41) is 14.9. The maximum atomic E-state index is 12.6. The van der Waals surface area contributed by atoms with Gasteiger partial charge in [-0.05, 0) is 86.7 Å². The fraction of sp³-hybridized carbons (Fsp3) is 0.0714. The van der Waals surface area contributed by atoms with E-state index in [4.69, 9.17) is 16.3 Å². The van der Waals surface area contributed by atoms with Crippen LogP contribution in [0.5, 0.6) is 5.75 Å². The fourth-order valence-corrected chi connectivity index (χ4v) is 4.51. The molecule has 1 N–H and O–H groups in total. The molecule has 0 fully saturated rings. The molecule has 4 aromatic carbocycles. The van der Waals surface area contributed by atoms with Crippen LogP contribution in [-0.2, 0) is 11.4 Å². The van der Waals surface area contributed by atoms with Crippen molar-refractivity contribution in [2.75, 3.05) is 5.32 Å². The number of carbonyl (C=O) groups excluding carboxylic acids is 1. The minimum atomic E-state index is -0.489. The second kappa shape index (κ2) is 10.6. The Balaban J connectivity index is 1.50. The molecule has 168 valence electrons. The lowest BCUT2D eigenvalue weighted by atomic mass is 10.1. The molecule has 0 saturated carbocycles. The highest BCUT2D eigenvalue weighted by atomic mass is 79.9. The zero-order valence-electron chi connectivity index (χ0n) is 18.3. The number of halogens is 2. The topological polar surface area (TPSA) is 62.1 Å². The Labute approximate surface area is 211 Å². The van der Waals surface area contributed by atoms with Gasteiger partial charge in [-0.1, -0.05) is 60.1 Å². The molecule has 0 saturated heterocycles. The molecule has 0 aliphatic rings. The van der Waals surface area contributed by atoms with Crippen molar-refractivity contribution >= 4 is 56.0 Å². The Morgan fingerprint density at radius 1 is 1.06 bits per heavy atom. The van der Waals surface area contributed by atoms with Crippen molar-refractivity contribution < 1.29 is 9.53 Å². The standard InChI is InChI=1S/C28H20BrClN2O2/c1-18-5-4-8-24(11-18)32-28(33)23(16-31)13-20-14-25(29)27(26(30)15-20)34-17-19-9-10-21-6-2-3-7-22(21)12-19/h2-15H,17H2,1H3,(H,32,33)/b23-13-. The van der Waals surface area contributed by atoms with Crippen molar-refractivity contribution in [2.24, 2.45) is 0 Å². The van der Waals surface area contributed by atoms with Crippen LogP contribution in [0.15, 0.2) is 88.9 Å². The number of nitrogens with one attached hydrogen (secondary N) is 1. The van der Waals surface area contributed by atoms with Crippen LogP contribution in [0, 0.1) is 18.3 Å². The SMILES string of the molecule is Cc1cccc(NC(=O)/C(C#N)=C\c2cc(Cl)c(OCc3ccc4ccccc4c3)c(Br)c2)c1. The number of carbonyl (C=O) groups is 1. The van der Waals surface area contributed by atoms with Crippen molar-refractivity contribution in [3.8, 4) is 11.8 Å². The van der Waals surface area contributed by atoms with Gasteiger partial charge in [0.1, 0.15) is 18.2 Å². The lowest BCUT2D eigenvalue weighted by molar-refractivity contribution is -0.112. The number of nitrogens with zero attached hydrogens (tertiary/aromatic N) is 1. The zero-order chi connectivity index (χ0) is 24.1. The summed E-state index contributed by atoms with van der Waals surface area (Å²) in [6.07, 6.45) is 1.49. The van der Waals surface area contributed by atoms with Gasteiger partial charge in [0.05, 0.1) is 9.50 Å². The number of amides is 1. The minimum Gasteiger partial charge on any atom is -0.486 e. The molecule has 0 heterocycles. The average molecular weight is 532 g/mol. The van der Waals surface area contributed by atoms with Crippen LogP contribution >= 0.6 is 27.5 Å². The number of hydrogen-bond acceptors (Lipinski definition) is 3. The molecule has 0 aromatic heterocycles. The number of hydrogen-bond donors (Lipinski definition) is 1. The van der Waals surface area contributed by atoms with Crippen LogP contribution in [0.4, 0.5) is 5.69 Å². The van der Waals surface area contributed by atoms with Crippen molar-refractivity contribution in [1.29, 1.82) is 5.26 Å². The molecular formula is C28H20BrClN2O2. The third-order valence-corrected chi connectivity index (χ3v) is 6.04. The van der Waals surface area contributed by atoms with E-state index < -0.39 is 5.91 Å². The van der Waals surface area contributed by atoms with Gasteiger partial charge in [0.15, 0.2) is 5.75 Å². The molecule has 0 bridgehead atoms. The first kappa shape index (κ1) is 23.6. The van der Waals surface area contributed by atoms with Gasteiger partial charge in [-0.15, -0.1) is 0 Å².